The van der Waals surface area contributed by atoms with Crippen LogP contribution in [0.25, 0.3) is 10.2 Å². The molecule has 1 aliphatic heterocycles. The van der Waals surface area contributed by atoms with Crippen LogP contribution in [0.15, 0.2) is 42.5 Å². The first-order valence-electron chi connectivity index (χ1n) is 8.77. The highest BCUT2D eigenvalue weighted by Crippen LogP contribution is 2.33. The minimum atomic E-state index is 0.801. The number of hydrogen-bond acceptors (Lipinski definition) is 4. The van der Waals surface area contributed by atoms with Crippen molar-refractivity contribution in [2.24, 2.45) is 0 Å². The summed E-state index contributed by atoms with van der Waals surface area (Å²) in [7, 11) is 0. The van der Waals surface area contributed by atoms with Crippen LogP contribution in [0.3, 0.4) is 0 Å². The first kappa shape index (κ1) is 16.8. The van der Waals surface area contributed by atoms with E-state index in [9.17, 15) is 0 Å². The van der Waals surface area contributed by atoms with Crippen LogP contribution in [0.4, 0.5) is 5.13 Å². The molecular weight excluding hydrogens is 350 g/mol. The number of rotatable bonds is 4. The second-order valence-electron chi connectivity index (χ2n) is 6.58. The molecule has 0 amide bonds. The molecule has 1 fully saturated rings. The molecule has 25 heavy (non-hydrogen) atoms. The quantitative estimate of drug-likeness (QED) is 0.666. The lowest BCUT2D eigenvalue weighted by atomic mass is 10.1. The van der Waals surface area contributed by atoms with E-state index < -0.39 is 0 Å². The van der Waals surface area contributed by atoms with Crippen molar-refractivity contribution in [3.05, 3.63) is 58.6 Å². The first-order chi connectivity index (χ1) is 12.2. The van der Waals surface area contributed by atoms with Crippen molar-refractivity contribution in [1.29, 1.82) is 0 Å². The molecule has 0 saturated carbocycles. The monoisotopic (exact) mass is 371 g/mol. The molecular formula is C20H22ClN3S. The zero-order chi connectivity index (χ0) is 17.2. The molecule has 0 bridgehead atoms. The molecule has 2 aromatic carbocycles. The molecule has 1 aliphatic rings. The van der Waals surface area contributed by atoms with Gasteiger partial charge >= 0.3 is 0 Å². The van der Waals surface area contributed by atoms with Gasteiger partial charge in [0.1, 0.15) is 0 Å². The molecule has 0 radical (unpaired) electrons. The SMILES string of the molecule is Cc1c(Cl)ccc2sc(N3CCN(CCc4ccccc4)CC3)nc12. The number of halogens is 1. The Hall–Kier alpha value is -1.62. The van der Waals surface area contributed by atoms with Gasteiger partial charge in [-0.1, -0.05) is 53.3 Å². The average molecular weight is 372 g/mol. The third-order valence-corrected chi connectivity index (χ3v) is 6.43. The Morgan fingerprint density at radius 2 is 1.80 bits per heavy atom. The van der Waals surface area contributed by atoms with E-state index in [2.05, 4.69) is 53.1 Å². The largest absolute Gasteiger partial charge is 0.345 e. The number of anilines is 1. The highest BCUT2D eigenvalue weighted by atomic mass is 35.5. The molecule has 0 aliphatic carbocycles. The van der Waals surface area contributed by atoms with Crippen LogP contribution in [0.5, 0.6) is 0 Å². The van der Waals surface area contributed by atoms with Crippen molar-refractivity contribution in [3.63, 3.8) is 0 Å². The Labute approximate surface area is 157 Å². The van der Waals surface area contributed by atoms with E-state index in [4.69, 9.17) is 16.6 Å². The van der Waals surface area contributed by atoms with E-state index in [-0.39, 0.29) is 0 Å². The van der Waals surface area contributed by atoms with Crippen molar-refractivity contribution in [3.8, 4) is 0 Å². The van der Waals surface area contributed by atoms with E-state index in [1.165, 1.54) is 10.3 Å². The lowest BCUT2D eigenvalue weighted by Crippen LogP contribution is -2.46. The van der Waals surface area contributed by atoms with Gasteiger partial charge in [-0.05, 0) is 36.6 Å². The summed E-state index contributed by atoms with van der Waals surface area (Å²) < 4.78 is 1.23. The minimum absolute atomic E-state index is 0.801. The molecule has 5 heteroatoms. The van der Waals surface area contributed by atoms with Gasteiger partial charge in [-0.3, -0.25) is 4.90 Å². The molecule has 0 atom stereocenters. The van der Waals surface area contributed by atoms with Crippen LogP contribution < -0.4 is 4.90 Å². The van der Waals surface area contributed by atoms with E-state index in [1.54, 1.807) is 11.3 Å². The molecule has 1 aromatic heterocycles. The van der Waals surface area contributed by atoms with Gasteiger partial charge in [0, 0.05) is 37.7 Å². The Balaban J connectivity index is 1.38. The predicted molar refractivity (Wildman–Crippen MR) is 108 cm³/mol. The van der Waals surface area contributed by atoms with Crippen molar-refractivity contribution in [1.82, 2.24) is 9.88 Å². The molecule has 0 N–H and O–H groups in total. The van der Waals surface area contributed by atoms with Gasteiger partial charge < -0.3 is 4.90 Å². The smallest absolute Gasteiger partial charge is 0.186 e. The number of aryl methyl sites for hydroxylation is 1. The highest BCUT2D eigenvalue weighted by molar-refractivity contribution is 7.22. The summed E-state index contributed by atoms with van der Waals surface area (Å²) >= 11 is 8.01. The average Bonchev–Trinajstić information content (AvgIpc) is 3.09. The number of nitrogens with zero attached hydrogens (tertiary/aromatic N) is 3. The Bertz CT molecular complexity index is 854. The zero-order valence-corrected chi connectivity index (χ0v) is 16.0. The van der Waals surface area contributed by atoms with Crippen molar-refractivity contribution < 1.29 is 0 Å². The maximum Gasteiger partial charge on any atom is 0.186 e. The summed E-state index contributed by atoms with van der Waals surface area (Å²) in [6, 6.07) is 14.8. The van der Waals surface area contributed by atoms with Crippen LogP contribution >= 0.6 is 22.9 Å². The van der Waals surface area contributed by atoms with Crippen LogP contribution in [-0.4, -0.2) is 42.6 Å². The van der Waals surface area contributed by atoms with Gasteiger partial charge in [-0.15, -0.1) is 0 Å². The lowest BCUT2D eigenvalue weighted by Gasteiger charge is -2.34. The van der Waals surface area contributed by atoms with Crippen LogP contribution in [0.2, 0.25) is 5.02 Å². The molecule has 4 rings (SSSR count). The second kappa shape index (κ2) is 7.32. The third kappa shape index (κ3) is 3.66. The molecule has 130 valence electrons. The Morgan fingerprint density at radius 3 is 2.56 bits per heavy atom. The first-order valence-corrected chi connectivity index (χ1v) is 9.97. The Kier molecular flexibility index (Phi) is 4.93. The number of aromatic nitrogens is 1. The number of benzene rings is 2. The standard InChI is InChI=1S/C20H22ClN3S/c1-15-17(21)7-8-18-19(15)22-20(25-18)24-13-11-23(12-14-24)10-9-16-5-3-2-4-6-16/h2-8H,9-14H2,1H3. The van der Waals surface area contributed by atoms with Gasteiger partial charge in [0.15, 0.2) is 5.13 Å². The van der Waals surface area contributed by atoms with Gasteiger partial charge in [0.2, 0.25) is 0 Å². The number of thiazole rings is 1. The van der Waals surface area contributed by atoms with E-state index in [0.29, 0.717) is 0 Å². The van der Waals surface area contributed by atoms with Gasteiger partial charge in [0.05, 0.1) is 10.2 Å². The fraction of sp³-hybridized carbons (Fsp3) is 0.350. The maximum atomic E-state index is 6.23. The van der Waals surface area contributed by atoms with Crippen LogP contribution in [0, 0.1) is 6.92 Å². The summed E-state index contributed by atoms with van der Waals surface area (Å²) in [5.41, 5.74) is 3.56. The summed E-state index contributed by atoms with van der Waals surface area (Å²) in [4.78, 5) is 9.83. The maximum absolute atomic E-state index is 6.23. The van der Waals surface area contributed by atoms with E-state index >= 15 is 0 Å². The van der Waals surface area contributed by atoms with Gasteiger partial charge in [-0.25, -0.2) is 4.98 Å². The minimum Gasteiger partial charge on any atom is -0.345 e. The number of hydrogen-bond donors (Lipinski definition) is 0. The summed E-state index contributed by atoms with van der Waals surface area (Å²) in [5.74, 6) is 0. The van der Waals surface area contributed by atoms with Crippen molar-refractivity contribution >= 4 is 38.3 Å². The van der Waals surface area contributed by atoms with Crippen LogP contribution in [-0.2, 0) is 6.42 Å². The number of fused-ring (bicyclic) bond motifs is 1. The Morgan fingerprint density at radius 1 is 1.04 bits per heavy atom. The third-order valence-electron chi connectivity index (χ3n) is 4.94. The molecule has 3 aromatic rings. The van der Waals surface area contributed by atoms with Crippen molar-refractivity contribution in [2.75, 3.05) is 37.6 Å². The fourth-order valence-corrected chi connectivity index (χ4v) is 4.55. The fourth-order valence-electron chi connectivity index (χ4n) is 3.32. The zero-order valence-electron chi connectivity index (χ0n) is 14.4. The molecule has 1 saturated heterocycles. The van der Waals surface area contributed by atoms with Gasteiger partial charge in [-0.2, -0.15) is 0 Å². The molecule has 0 unspecified atom stereocenters. The van der Waals surface area contributed by atoms with Crippen LogP contribution in [0.1, 0.15) is 11.1 Å². The van der Waals surface area contributed by atoms with E-state index in [1.807, 2.05) is 6.07 Å². The number of piperazine rings is 1. The van der Waals surface area contributed by atoms with E-state index in [0.717, 1.165) is 60.4 Å². The summed E-state index contributed by atoms with van der Waals surface area (Å²) in [5, 5.41) is 1.93. The molecule has 3 nitrogen and oxygen atoms in total. The second-order valence-corrected chi connectivity index (χ2v) is 8.00. The predicted octanol–water partition coefficient (Wildman–Crippen LogP) is 4.62. The normalized spacial score (nSPS) is 15.8. The molecule has 2 heterocycles. The van der Waals surface area contributed by atoms with Crippen molar-refractivity contribution in [2.45, 2.75) is 13.3 Å². The summed E-state index contributed by atoms with van der Waals surface area (Å²) in [6.07, 6.45) is 1.12. The van der Waals surface area contributed by atoms with Gasteiger partial charge in [0.25, 0.3) is 0 Å². The molecule has 0 spiro atoms. The summed E-state index contributed by atoms with van der Waals surface area (Å²) in [6.45, 7) is 7.47. The topological polar surface area (TPSA) is 19.4 Å². The lowest BCUT2D eigenvalue weighted by molar-refractivity contribution is 0.261. The highest BCUT2D eigenvalue weighted by Gasteiger charge is 2.20.